The molecule has 0 bridgehead atoms. The first-order chi connectivity index (χ1) is 16.2. The van der Waals surface area contributed by atoms with Crippen LogP contribution in [0.1, 0.15) is 37.4 Å². The molecule has 1 saturated heterocycles. The highest BCUT2D eigenvalue weighted by molar-refractivity contribution is 5.99. The van der Waals surface area contributed by atoms with E-state index in [0.29, 0.717) is 18.7 Å². The number of benzene rings is 2. The van der Waals surface area contributed by atoms with Gasteiger partial charge in [-0.1, -0.05) is 13.8 Å². The summed E-state index contributed by atoms with van der Waals surface area (Å²) in [6.45, 7) is 4.63. The first-order valence-electron chi connectivity index (χ1n) is 11.0. The van der Waals surface area contributed by atoms with E-state index in [1.54, 1.807) is 19.4 Å². The third-order valence-corrected chi connectivity index (χ3v) is 6.55. The summed E-state index contributed by atoms with van der Waals surface area (Å²) in [5.74, 6) is -3.08. The van der Waals surface area contributed by atoms with E-state index in [2.05, 4.69) is 10.2 Å². The molecule has 1 fully saturated rings. The van der Waals surface area contributed by atoms with E-state index in [1.807, 2.05) is 30.5 Å². The molecule has 0 aliphatic carbocycles. The number of fused-ring (bicyclic) bond motifs is 2. The molecule has 2 N–H and O–H groups in total. The van der Waals surface area contributed by atoms with Crippen molar-refractivity contribution in [2.75, 3.05) is 20.3 Å². The van der Waals surface area contributed by atoms with Gasteiger partial charge in [0, 0.05) is 46.7 Å². The fraction of sp³-hybridized carbons (Fsp3) is 0.360. The number of methoxy groups -OCH3 is 1. The monoisotopic (exact) mass is 469 g/mol. The molecule has 1 aliphatic rings. The molecular formula is C25H25F2N3O4. The van der Waals surface area contributed by atoms with E-state index >= 15 is 0 Å². The van der Waals surface area contributed by atoms with E-state index in [-0.39, 0.29) is 12.5 Å². The van der Waals surface area contributed by atoms with Crippen LogP contribution in [0.5, 0.6) is 0 Å². The van der Waals surface area contributed by atoms with Gasteiger partial charge in [0.1, 0.15) is 0 Å². The van der Waals surface area contributed by atoms with Gasteiger partial charge in [-0.05, 0) is 36.2 Å². The van der Waals surface area contributed by atoms with Gasteiger partial charge in [0.05, 0.1) is 30.4 Å². The summed E-state index contributed by atoms with van der Waals surface area (Å²) < 4.78 is 41.3. The van der Waals surface area contributed by atoms with Crippen molar-refractivity contribution >= 4 is 27.8 Å². The molecule has 9 heteroatoms. The Balaban J connectivity index is 1.88. The molecule has 3 heterocycles. The Hall–Kier alpha value is -3.30. The molecule has 0 spiro atoms. The molecule has 1 aliphatic heterocycles. The number of ether oxygens (including phenoxy) is 2. The van der Waals surface area contributed by atoms with Crippen molar-refractivity contribution < 1.29 is 28.2 Å². The Morgan fingerprint density at radius 2 is 2.09 bits per heavy atom. The molecule has 2 aromatic carbocycles. The second-order valence-electron chi connectivity index (χ2n) is 9.43. The SMILES string of the molecule is COCC(C)(C)c1c([C@H]2CO[C@H](C(=O)O)C2)c2cc3[nH]ncc3cc2n1-c1ccc(F)c(F)c1. The van der Waals surface area contributed by atoms with Crippen LogP contribution in [-0.4, -0.2) is 52.3 Å². The van der Waals surface area contributed by atoms with Crippen molar-refractivity contribution in [2.24, 2.45) is 0 Å². The molecule has 5 rings (SSSR count). The molecule has 178 valence electrons. The van der Waals surface area contributed by atoms with Gasteiger partial charge in [0.15, 0.2) is 17.7 Å². The Morgan fingerprint density at radius 3 is 2.76 bits per heavy atom. The van der Waals surface area contributed by atoms with Gasteiger partial charge >= 0.3 is 5.97 Å². The molecule has 0 saturated carbocycles. The third kappa shape index (κ3) is 3.56. The lowest BCUT2D eigenvalue weighted by Gasteiger charge is -2.29. The highest BCUT2D eigenvalue weighted by atomic mass is 19.2. The van der Waals surface area contributed by atoms with Gasteiger partial charge < -0.3 is 19.1 Å². The van der Waals surface area contributed by atoms with Gasteiger partial charge in [-0.15, -0.1) is 0 Å². The van der Waals surface area contributed by atoms with Crippen LogP contribution in [0, 0.1) is 11.6 Å². The quantitative estimate of drug-likeness (QED) is 0.429. The zero-order valence-electron chi connectivity index (χ0n) is 19.1. The molecule has 2 aromatic heterocycles. The summed E-state index contributed by atoms with van der Waals surface area (Å²) in [6.07, 6.45) is 1.11. The van der Waals surface area contributed by atoms with E-state index in [0.717, 1.165) is 39.1 Å². The number of halogens is 2. The number of carboxylic acids is 1. The van der Waals surface area contributed by atoms with Crippen LogP contribution in [-0.2, 0) is 19.7 Å². The minimum absolute atomic E-state index is 0.207. The Labute approximate surface area is 194 Å². The molecule has 2 atom stereocenters. The number of hydrogen-bond acceptors (Lipinski definition) is 4. The van der Waals surface area contributed by atoms with Crippen molar-refractivity contribution in [3.63, 3.8) is 0 Å². The summed E-state index contributed by atoms with van der Waals surface area (Å²) in [5, 5.41) is 18.4. The lowest BCUT2D eigenvalue weighted by atomic mass is 9.82. The van der Waals surface area contributed by atoms with E-state index in [9.17, 15) is 18.7 Å². The Bertz CT molecular complexity index is 1410. The lowest BCUT2D eigenvalue weighted by molar-refractivity contribution is -0.147. The Morgan fingerprint density at radius 1 is 1.29 bits per heavy atom. The first kappa shape index (κ1) is 22.5. The average Bonchev–Trinajstić information content (AvgIpc) is 3.50. The number of H-pyrrole nitrogens is 1. The fourth-order valence-corrected chi connectivity index (χ4v) is 5.15. The van der Waals surface area contributed by atoms with Gasteiger partial charge in [-0.25, -0.2) is 13.6 Å². The molecular weight excluding hydrogens is 444 g/mol. The topological polar surface area (TPSA) is 89.4 Å². The molecule has 4 aromatic rings. The summed E-state index contributed by atoms with van der Waals surface area (Å²) in [6, 6.07) is 7.76. The number of carbonyl (C=O) groups is 1. The Kier molecular flexibility index (Phi) is 5.41. The van der Waals surface area contributed by atoms with Gasteiger partial charge in [-0.3, -0.25) is 5.10 Å². The van der Waals surface area contributed by atoms with Gasteiger partial charge in [-0.2, -0.15) is 5.10 Å². The number of aromatic nitrogens is 3. The largest absolute Gasteiger partial charge is 0.479 e. The van der Waals surface area contributed by atoms with Crippen LogP contribution in [0.15, 0.2) is 36.5 Å². The predicted molar refractivity (Wildman–Crippen MR) is 122 cm³/mol. The number of nitrogens with one attached hydrogen (secondary N) is 1. The zero-order chi connectivity index (χ0) is 24.2. The van der Waals surface area contributed by atoms with Crippen molar-refractivity contribution in [1.29, 1.82) is 0 Å². The second kappa shape index (κ2) is 8.18. The predicted octanol–water partition coefficient (Wildman–Crippen LogP) is 4.67. The van der Waals surface area contributed by atoms with Crippen molar-refractivity contribution in [2.45, 2.75) is 37.7 Å². The maximum absolute atomic E-state index is 14.4. The molecule has 7 nitrogen and oxygen atoms in total. The van der Waals surface area contributed by atoms with Crippen molar-refractivity contribution in [3.8, 4) is 5.69 Å². The number of carboxylic acid groups (broad SMARTS) is 1. The fourth-order valence-electron chi connectivity index (χ4n) is 5.15. The van der Waals surface area contributed by atoms with Crippen LogP contribution in [0.2, 0.25) is 0 Å². The van der Waals surface area contributed by atoms with Gasteiger partial charge in [0.25, 0.3) is 0 Å². The number of aromatic amines is 1. The second-order valence-corrected chi connectivity index (χ2v) is 9.43. The smallest absolute Gasteiger partial charge is 0.332 e. The zero-order valence-corrected chi connectivity index (χ0v) is 19.1. The standard InChI is InChI=1S/C25H25F2N3O4/c1-25(2,12-33-3)23-22(14-7-21(24(31)32)34-11-14)16-9-19-13(10-28-29-19)6-20(16)30(23)15-4-5-17(26)18(27)8-15/h4-6,8-10,14,21H,7,11-12H2,1-3H3,(H,28,29)(H,31,32)/t14-,21+/m1/s1. The third-order valence-electron chi connectivity index (χ3n) is 6.55. The average molecular weight is 469 g/mol. The molecule has 0 radical (unpaired) electrons. The van der Waals surface area contributed by atoms with Crippen LogP contribution < -0.4 is 0 Å². The summed E-state index contributed by atoms with van der Waals surface area (Å²) >= 11 is 0. The van der Waals surface area contributed by atoms with Gasteiger partial charge in [0.2, 0.25) is 0 Å². The lowest BCUT2D eigenvalue weighted by Crippen LogP contribution is -2.29. The summed E-state index contributed by atoms with van der Waals surface area (Å²) in [7, 11) is 1.61. The summed E-state index contributed by atoms with van der Waals surface area (Å²) in [4.78, 5) is 11.6. The number of hydrogen-bond donors (Lipinski definition) is 2. The van der Waals surface area contributed by atoms with E-state index in [4.69, 9.17) is 9.47 Å². The first-order valence-corrected chi connectivity index (χ1v) is 11.0. The van der Waals surface area contributed by atoms with Crippen molar-refractivity contribution in [1.82, 2.24) is 14.8 Å². The number of aliphatic carboxylic acids is 1. The van der Waals surface area contributed by atoms with Crippen molar-refractivity contribution in [3.05, 3.63) is 59.4 Å². The molecule has 0 unspecified atom stereocenters. The molecule has 0 amide bonds. The maximum Gasteiger partial charge on any atom is 0.332 e. The highest BCUT2D eigenvalue weighted by Crippen LogP contribution is 2.45. The maximum atomic E-state index is 14.4. The van der Waals surface area contributed by atoms with Crippen LogP contribution in [0.3, 0.4) is 0 Å². The summed E-state index contributed by atoms with van der Waals surface area (Å²) in [5.41, 5.74) is 3.28. The minimum Gasteiger partial charge on any atom is -0.479 e. The van der Waals surface area contributed by atoms with Crippen LogP contribution in [0.25, 0.3) is 27.5 Å². The van der Waals surface area contributed by atoms with E-state index in [1.165, 1.54) is 6.07 Å². The van der Waals surface area contributed by atoms with Crippen LogP contribution in [0.4, 0.5) is 8.78 Å². The minimum atomic E-state index is -1.000. The molecule has 34 heavy (non-hydrogen) atoms. The highest BCUT2D eigenvalue weighted by Gasteiger charge is 2.39. The van der Waals surface area contributed by atoms with Crippen LogP contribution >= 0.6 is 0 Å². The van der Waals surface area contributed by atoms with E-state index < -0.39 is 29.1 Å². The number of nitrogens with zero attached hydrogens (tertiary/aromatic N) is 2. The normalized spacial score (nSPS) is 18.9. The number of rotatable bonds is 6.